The van der Waals surface area contributed by atoms with Crippen LogP contribution in [0.1, 0.15) is 5.56 Å². The number of rotatable bonds is 5. The molecule has 0 fully saturated rings. The quantitative estimate of drug-likeness (QED) is 0.717. The Morgan fingerprint density at radius 2 is 2.07 bits per heavy atom. The Balaban J connectivity index is 1.68. The lowest BCUT2D eigenvalue weighted by Gasteiger charge is -2.04. The number of hydrogen-bond acceptors (Lipinski definition) is 4. The second-order valence-corrected chi connectivity index (χ2v) is 3.22. The lowest BCUT2D eigenvalue weighted by atomic mass is 10.3. The summed E-state index contributed by atoms with van der Waals surface area (Å²) in [4.78, 5) is 11.9. The zero-order valence-corrected chi connectivity index (χ0v) is 8.37. The monoisotopic (exact) mass is 203 g/mol. The van der Waals surface area contributed by atoms with Crippen LogP contribution in [0.4, 0.5) is 0 Å². The third kappa shape index (κ3) is 3.14. The van der Waals surface area contributed by atoms with Crippen LogP contribution >= 0.6 is 0 Å². The highest BCUT2D eigenvalue weighted by atomic mass is 15.0. The van der Waals surface area contributed by atoms with Gasteiger partial charge in [0.25, 0.3) is 0 Å². The van der Waals surface area contributed by atoms with Crippen LogP contribution in [-0.2, 0) is 13.1 Å². The van der Waals surface area contributed by atoms with Crippen molar-refractivity contribution in [3.63, 3.8) is 0 Å². The fourth-order valence-electron chi connectivity index (χ4n) is 1.28. The van der Waals surface area contributed by atoms with E-state index in [0.29, 0.717) is 0 Å². The molecule has 5 nitrogen and oxygen atoms in total. The summed E-state index contributed by atoms with van der Waals surface area (Å²) in [6.45, 7) is 2.63. The van der Waals surface area contributed by atoms with Gasteiger partial charge in [0.2, 0.25) is 0 Å². The first-order chi connectivity index (χ1) is 7.45. The molecule has 0 aromatic carbocycles. The van der Waals surface area contributed by atoms with Crippen LogP contribution in [0.3, 0.4) is 0 Å². The van der Waals surface area contributed by atoms with Gasteiger partial charge < -0.3 is 9.88 Å². The Bertz CT molecular complexity index is 370. The molecule has 2 aromatic rings. The van der Waals surface area contributed by atoms with Crippen LogP contribution in [0.5, 0.6) is 0 Å². The SMILES string of the molecule is c1cn(CCNCc2cncnc2)cn1. The van der Waals surface area contributed by atoms with Gasteiger partial charge in [-0.15, -0.1) is 0 Å². The number of nitrogens with zero attached hydrogens (tertiary/aromatic N) is 4. The first-order valence-corrected chi connectivity index (χ1v) is 4.85. The van der Waals surface area contributed by atoms with Crippen LogP contribution in [0.25, 0.3) is 0 Å². The molecule has 0 unspecified atom stereocenters. The molecule has 5 heteroatoms. The largest absolute Gasteiger partial charge is 0.336 e. The second kappa shape index (κ2) is 5.21. The molecule has 78 valence electrons. The van der Waals surface area contributed by atoms with Crippen LogP contribution in [0.15, 0.2) is 37.4 Å². The smallest absolute Gasteiger partial charge is 0.115 e. The Hall–Kier alpha value is -1.75. The van der Waals surface area contributed by atoms with Gasteiger partial charge in [-0.2, -0.15) is 0 Å². The summed E-state index contributed by atoms with van der Waals surface area (Å²) in [6, 6.07) is 0. The molecule has 0 amide bonds. The highest BCUT2D eigenvalue weighted by molar-refractivity contribution is 5.01. The van der Waals surface area contributed by atoms with E-state index in [4.69, 9.17) is 0 Å². The first-order valence-electron chi connectivity index (χ1n) is 4.85. The molecule has 15 heavy (non-hydrogen) atoms. The number of hydrogen-bond donors (Lipinski definition) is 1. The molecule has 0 aliphatic rings. The van der Waals surface area contributed by atoms with Crippen LogP contribution in [0.2, 0.25) is 0 Å². The van der Waals surface area contributed by atoms with Crippen molar-refractivity contribution in [2.45, 2.75) is 13.1 Å². The average molecular weight is 203 g/mol. The molecule has 2 aromatic heterocycles. The van der Waals surface area contributed by atoms with Gasteiger partial charge in [0.1, 0.15) is 6.33 Å². The Kier molecular flexibility index (Phi) is 3.40. The van der Waals surface area contributed by atoms with E-state index in [2.05, 4.69) is 20.3 Å². The molecule has 0 aliphatic carbocycles. The molecule has 1 N–H and O–H groups in total. The van der Waals surface area contributed by atoms with Crippen molar-refractivity contribution in [3.05, 3.63) is 43.0 Å². The summed E-state index contributed by atoms with van der Waals surface area (Å²) in [5, 5.41) is 3.31. The minimum Gasteiger partial charge on any atom is -0.336 e. The van der Waals surface area contributed by atoms with Gasteiger partial charge in [0.15, 0.2) is 0 Å². The van der Waals surface area contributed by atoms with E-state index in [-0.39, 0.29) is 0 Å². The van der Waals surface area contributed by atoms with Crippen LogP contribution in [-0.4, -0.2) is 26.1 Å². The maximum Gasteiger partial charge on any atom is 0.115 e. The number of imidazole rings is 1. The Morgan fingerprint density at radius 3 is 2.80 bits per heavy atom. The van der Waals surface area contributed by atoms with E-state index < -0.39 is 0 Å². The van der Waals surface area contributed by atoms with E-state index >= 15 is 0 Å². The number of nitrogens with one attached hydrogen (secondary N) is 1. The van der Waals surface area contributed by atoms with Gasteiger partial charge in [-0.25, -0.2) is 15.0 Å². The molecule has 2 heterocycles. The van der Waals surface area contributed by atoms with Crippen molar-refractivity contribution in [3.8, 4) is 0 Å². The zero-order chi connectivity index (χ0) is 10.3. The van der Waals surface area contributed by atoms with E-state index in [0.717, 1.165) is 25.2 Å². The zero-order valence-electron chi connectivity index (χ0n) is 8.37. The fourth-order valence-corrected chi connectivity index (χ4v) is 1.28. The predicted molar refractivity (Wildman–Crippen MR) is 56.0 cm³/mol. The van der Waals surface area contributed by atoms with Gasteiger partial charge in [0, 0.05) is 50.0 Å². The summed E-state index contributed by atoms with van der Waals surface area (Å²) < 4.78 is 2.04. The summed E-state index contributed by atoms with van der Waals surface area (Å²) in [7, 11) is 0. The van der Waals surface area contributed by atoms with E-state index in [1.165, 1.54) is 6.33 Å². The van der Waals surface area contributed by atoms with Crippen molar-refractivity contribution in [2.24, 2.45) is 0 Å². The molecule has 0 bridgehead atoms. The van der Waals surface area contributed by atoms with Gasteiger partial charge in [-0.05, 0) is 0 Å². The lowest BCUT2D eigenvalue weighted by Crippen LogP contribution is -2.19. The maximum atomic E-state index is 3.97. The average Bonchev–Trinajstić information content (AvgIpc) is 2.79. The lowest BCUT2D eigenvalue weighted by molar-refractivity contribution is 0.596. The van der Waals surface area contributed by atoms with Crippen molar-refractivity contribution in [1.29, 1.82) is 0 Å². The van der Waals surface area contributed by atoms with Crippen molar-refractivity contribution in [2.75, 3.05) is 6.54 Å². The van der Waals surface area contributed by atoms with Crippen molar-refractivity contribution < 1.29 is 0 Å². The molecule has 0 spiro atoms. The first kappa shape index (κ1) is 9.79. The maximum absolute atomic E-state index is 3.97. The molecular formula is C10H13N5. The Labute approximate surface area is 88.2 Å². The van der Waals surface area contributed by atoms with E-state index in [9.17, 15) is 0 Å². The third-order valence-corrected chi connectivity index (χ3v) is 2.05. The summed E-state index contributed by atoms with van der Waals surface area (Å²) in [5.41, 5.74) is 1.10. The Morgan fingerprint density at radius 1 is 1.20 bits per heavy atom. The molecule has 2 rings (SSSR count). The number of aromatic nitrogens is 4. The summed E-state index contributed by atoms with van der Waals surface area (Å²) in [5.74, 6) is 0. The molecule has 0 radical (unpaired) electrons. The normalized spacial score (nSPS) is 10.4. The fraction of sp³-hybridized carbons (Fsp3) is 0.300. The van der Waals surface area contributed by atoms with E-state index in [1.807, 2.05) is 29.5 Å². The van der Waals surface area contributed by atoms with Gasteiger partial charge in [0.05, 0.1) is 6.33 Å². The van der Waals surface area contributed by atoms with Crippen LogP contribution < -0.4 is 5.32 Å². The minimum atomic E-state index is 0.801. The summed E-state index contributed by atoms with van der Waals surface area (Å²) in [6.07, 6.45) is 10.7. The molecule has 0 aliphatic heterocycles. The third-order valence-electron chi connectivity index (χ3n) is 2.05. The predicted octanol–water partition coefficient (Wildman–Crippen LogP) is 0.463. The minimum absolute atomic E-state index is 0.801. The van der Waals surface area contributed by atoms with Crippen LogP contribution in [0, 0.1) is 0 Å². The van der Waals surface area contributed by atoms with Crippen molar-refractivity contribution in [1.82, 2.24) is 24.8 Å². The highest BCUT2D eigenvalue weighted by Crippen LogP contribution is 1.91. The topological polar surface area (TPSA) is 55.6 Å². The standard InChI is InChI=1S/C10H13N5/c1(3-15-4-2-12-9-15)11-5-10-6-13-8-14-7-10/h2,4,6-9,11H,1,3,5H2. The highest BCUT2D eigenvalue weighted by Gasteiger charge is 1.92. The van der Waals surface area contributed by atoms with Gasteiger partial charge in [-0.1, -0.05) is 0 Å². The van der Waals surface area contributed by atoms with Gasteiger partial charge in [-0.3, -0.25) is 0 Å². The summed E-state index contributed by atoms with van der Waals surface area (Å²) >= 11 is 0. The molecule has 0 atom stereocenters. The van der Waals surface area contributed by atoms with Crippen molar-refractivity contribution >= 4 is 0 Å². The van der Waals surface area contributed by atoms with E-state index in [1.54, 1.807) is 6.20 Å². The van der Waals surface area contributed by atoms with Gasteiger partial charge >= 0.3 is 0 Å². The molecule has 0 saturated carbocycles. The second-order valence-electron chi connectivity index (χ2n) is 3.22. The molecular weight excluding hydrogens is 190 g/mol. The molecule has 0 saturated heterocycles.